The van der Waals surface area contributed by atoms with Crippen LogP contribution in [0.4, 0.5) is 0 Å². The van der Waals surface area contributed by atoms with Gasteiger partial charge in [0.2, 0.25) is 0 Å². The molecular formula is C12H15BrN2O3. The van der Waals surface area contributed by atoms with Gasteiger partial charge in [-0.1, -0.05) is 0 Å². The number of halogens is 1. The topological polar surface area (TPSA) is 62.7 Å². The van der Waals surface area contributed by atoms with Crippen LogP contribution in [0.5, 0.6) is 0 Å². The van der Waals surface area contributed by atoms with Crippen molar-refractivity contribution < 1.29 is 14.6 Å². The van der Waals surface area contributed by atoms with Crippen LogP contribution in [0.15, 0.2) is 22.9 Å². The molecule has 6 heteroatoms. The van der Waals surface area contributed by atoms with Gasteiger partial charge in [-0.25, -0.2) is 4.79 Å². The first-order chi connectivity index (χ1) is 8.47. The Bertz CT molecular complexity index is 447. The standard InChI is InChI=1S/C12H15BrN2O3/c1-12(18-6-11(16)17)7-15(8-12)5-9-2-10(13)4-14-3-9/h2-4H,5-8H2,1H3,(H,16,17). The van der Waals surface area contributed by atoms with Gasteiger partial charge in [0.15, 0.2) is 0 Å². The summed E-state index contributed by atoms with van der Waals surface area (Å²) in [6, 6.07) is 2.03. The second kappa shape index (κ2) is 5.34. The second-order valence-corrected chi connectivity index (χ2v) is 5.70. The van der Waals surface area contributed by atoms with Crippen LogP contribution in [0, 0.1) is 0 Å². The Hall–Kier alpha value is -0.980. The fraction of sp³-hybridized carbons (Fsp3) is 0.500. The van der Waals surface area contributed by atoms with Crippen molar-refractivity contribution in [3.05, 3.63) is 28.5 Å². The molecule has 0 unspecified atom stereocenters. The maximum atomic E-state index is 10.4. The summed E-state index contributed by atoms with van der Waals surface area (Å²) in [4.78, 5) is 16.8. The van der Waals surface area contributed by atoms with Crippen LogP contribution in [0.2, 0.25) is 0 Å². The predicted molar refractivity (Wildman–Crippen MR) is 69.2 cm³/mol. The zero-order valence-electron chi connectivity index (χ0n) is 10.1. The van der Waals surface area contributed by atoms with Crippen LogP contribution in [-0.2, 0) is 16.1 Å². The molecule has 18 heavy (non-hydrogen) atoms. The van der Waals surface area contributed by atoms with Gasteiger partial charge < -0.3 is 9.84 Å². The fourth-order valence-corrected chi connectivity index (χ4v) is 2.55. The number of carboxylic acid groups (broad SMARTS) is 1. The summed E-state index contributed by atoms with van der Waals surface area (Å²) in [5.74, 6) is -0.925. The summed E-state index contributed by atoms with van der Waals surface area (Å²) >= 11 is 3.38. The van der Waals surface area contributed by atoms with E-state index < -0.39 is 5.97 Å². The lowest BCUT2D eigenvalue weighted by Crippen LogP contribution is -2.61. The number of ether oxygens (including phenoxy) is 1. The Morgan fingerprint density at radius 1 is 1.61 bits per heavy atom. The van der Waals surface area contributed by atoms with E-state index in [4.69, 9.17) is 9.84 Å². The second-order valence-electron chi connectivity index (χ2n) is 4.79. The van der Waals surface area contributed by atoms with E-state index in [0.29, 0.717) is 0 Å². The third-order valence-corrected chi connectivity index (χ3v) is 3.26. The normalized spacial score (nSPS) is 18.3. The van der Waals surface area contributed by atoms with Crippen molar-refractivity contribution in [1.82, 2.24) is 9.88 Å². The highest BCUT2D eigenvalue weighted by Crippen LogP contribution is 2.26. The van der Waals surface area contributed by atoms with Crippen LogP contribution in [0.1, 0.15) is 12.5 Å². The molecule has 0 aliphatic carbocycles. The van der Waals surface area contributed by atoms with E-state index in [1.54, 1.807) is 6.20 Å². The summed E-state index contributed by atoms with van der Waals surface area (Å²) in [5.41, 5.74) is 0.794. The molecule has 0 amide bonds. The van der Waals surface area contributed by atoms with E-state index in [2.05, 4.69) is 25.8 Å². The Morgan fingerprint density at radius 3 is 2.94 bits per heavy atom. The van der Waals surface area contributed by atoms with Gasteiger partial charge in [0.1, 0.15) is 6.61 Å². The lowest BCUT2D eigenvalue weighted by atomic mass is 9.96. The highest BCUT2D eigenvalue weighted by Gasteiger charge is 2.39. The summed E-state index contributed by atoms with van der Waals surface area (Å²) in [7, 11) is 0. The van der Waals surface area contributed by atoms with E-state index in [0.717, 1.165) is 29.7 Å². The number of pyridine rings is 1. The first kappa shape index (κ1) is 13.5. The van der Waals surface area contributed by atoms with Crippen LogP contribution >= 0.6 is 15.9 Å². The molecule has 98 valence electrons. The first-order valence-electron chi connectivity index (χ1n) is 5.64. The lowest BCUT2D eigenvalue weighted by Gasteiger charge is -2.47. The molecule has 2 heterocycles. The van der Waals surface area contributed by atoms with Crippen molar-refractivity contribution in [3.8, 4) is 0 Å². The molecule has 0 aromatic carbocycles. The van der Waals surface area contributed by atoms with Gasteiger partial charge >= 0.3 is 5.97 Å². The fourth-order valence-electron chi connectivity index (χ4n) is 2.14. The molecule has 1 aliphatic heterocycles. The van der Waals surface area contributed by atoms with Crippen LogP contribution in [0.25, 0.3) is 0 Å². The Kier molecular flexibility index (Phi) is 3.99. The van der Waals surface area contributed by atoms with E-state index in [1.807, 2.05) is 19.2 Å². The maximum absolute atomic E-state index is 10.4. The number of rotatable bonds is 5. The Morgan fingerprint density at radius 2 is 2.33 bits per heavy atom. The summed E-state index contributed by atoms with van der Waals surface area (Å²) in [5, 5.41) is 8.58. The van der Waals surface area contributed by atoms with Crippen molar-refractivity contribution in [1.29, 1.82) is 0 Å². The van der Waals surface area contributed by atoms with Crippen LogP contribution in [0.3, 0.4) is 0 Å². The van der Waals surface area contributed by atoms with Crippen molar-refractivity contribution in [2.75, 3.05) is 19.7 Å². The highest BCUT2D eigenvalue weighted by molar-refractivity contribution is 9.10. The van der Waals surface area contributed by atoms with Crippen molar-refractivity contribution in [2.24, 2.45) is 0 Å². The molecule has 5 nitrogen and oxygen atoms in total. The molecule has 0 radical (unpaired) electrons. The Labute approximate surface area is 114 Å². The van der Waals surface area contributed by atoms with Crippen LogP contribution < -0.4 is 0 Å². The zero-order valence-corrected chi connectivity index (χ0v) is 11.7. The molecule has 1 aromatic heterocycles. The largest absolute Gasteiger partial charge is 0.480 e. The van der Waals surface area contributed by atoms with Gasteiger partial charge in [0, 0.05) is 36.5 Å². The van der Waals surface area contributed by atoms with Crippen molar-refractivity contribution in [3.63, 3.8) is 0 Å². The van der Waals surface area contributed by atoms with Gasteiger partial charge in [0.05, 0.1) is 5.60 Å². The molecule has 0 spiro atoms. The van der Waals surface area contributed by atoms with E-state index >= 15 is 0 Å². The Balaban J connectivity index is 1.80. The van der Waals surface area contributed by atoms with Gasteiger partial charge in [0.25, 0.3) is 0 Å². The van der Waals surface area contributed by atoms with Gasteiger partial charge in [-0.15, -0.1) is 0 Å². The number of likely N-dealkylation sites (tertiary alicyclic amines) is 1. The molecule has 0 atom stereocenters. The van der Waals surface area contributed by atoms with Gasteiger partial charge in [-0.3, -0.25) is 9.88 Å². The number of carbonyl (C=O) groups is 1. The molecule has 1 aliphatic rings. The third-order valence-electron chi connectivity index (χ3n) is 2.83. The minimum atomic E-state index is -0.925. The number of hydrogen-bond donors (Lipinski definition) is 1. The van der Waals surface area contributed by atoms with E-state index in [1.165, 1.54) is 0 Å². The molecule has 0 bridgehead atoms. The zero-order chi connectivity index (χ0) is 13.2. The molecule has 1 N–H and O–H groups in total. The lowest BCUT2D eigenvalue weighted by molar-refractivity contribution is -0.165. The van der Waals surface area contributed by atoms with Crippen LogP contribution in [-0.4, -0.2) is 46.3 Å². The number of aromatic nitrogens is 1. The third kappa shape index (κ3) is 3.51. The average molecular weight is 315 g/mol. The van der Waals surface area contributed by atoms with Gasteiger partial charge in [-0.05, 0) is 34.5 Å². The molecule has 1 fully saturated rings. The van der Waals surface area contributed by atoms with Crippen molar-refractivity contribution >= 4 is 21.9 Å². The molecule has 1 aromatic rings. The number of nitrogens with zero attached hydrogens (tertiary/aromatic N) is 2. The number of aliphatic carboxylic acids is 1. The molecular weight excluding hydrogens is 300 g/mol. The van der Waals surface area contributed by atoms with E-state index in [-0.39, 0.29) is 12.2 Å². The average Bonchev–Trinajstić information content (AvgIpc) is 2.24. The highest BCUT2D eigenvalue weighted by atomic mass is 79.9. The SMILES string of the molecule is CC1(OCC(=O)O)CN(Cc2cncc(Br)c2)C1. The van der Waals surface area contributed by atoms with Crippen molar-refractivity contribution in [2.45, 2.75) is 19.1 Å². The summed E-state index contributed by atoms with van der Waals surface area (Å²) in [6.45, 7) is 3.99. The first-order valence-corrected chi connectivity index (χ1v) is 6.44. The summed E-state index contributed by atoms with van der Waals surface area (Å²) < 4.78 is 6.32. The minimum Gasteiger partial charge on any atom is -0.480 e. The molecule has 0 saturated carbocycles. The molecule has 1 saturated heterocycles. The summed E-state index contributed by atoms with van der Waals surface area (Å²) in [6.07, 6.45) is 3.58. The maximum Gasteiger partial charge on any atom is 0.329 e. The number of hydrogen-bond acceptors (Lipinski definition) is 4. The minimum absolute atomic E-state index is 0.233. The monoisotopic (exact) mass is 314 g/mol. The number of carboxylic acids is 1. The van der Waals surface area contributed by atoms with Gasteiger partial charge in [-0.2, -0.15) is 0 Å². The predicted octanol–water partition coefficient (Wildman–Crippen LogP) is 1.52. The van der Waals surface area contributed by atoms with E-state index in [9.17, 15) is 4.79 Å². The quantitative estimate of drug-likeness (QED) is 0.892. The molecule has 2 rings (SSSR count). The smallest absolute Gasteiger partial charge is 0.329 e.